The third kappa shape index (κ3) is 4.20. The quantitative estimate of drug-likeness (QED) is 0.198. The molecule has 2 aromatic carbocycles. The number of carbonyl (C=O) groups excluding carboxylic acids is 1. The fraction of sp³-hybridized carbons (Fsp3) is 0.211. The van der Waals surface area contributed by atoms with Gasteiger partial charge in [0.05, 0.1) is 29.4 Å². The standard InChI is InChI=1S/C19H17N3O5S/c1-27-17(23)10-11-21-18(24)14-7-3-4-8-15(14)20-19(21)28-12-13-6-2-5-9-16(13)22(25)26/h2-9H,10-12H2,1H3. The van der Waals surface area contributed by atoms with Crippen molar-refractivity contribution in [2.75, 3.05) is 7.11 Å². The zero-order valence-electron chi connectivity index (χ0n) is 15.0. The number of carbonyl (C=O) groups is 1. The first-order valence-electron chi connectivity index (χ1n) is 8.42. The van der Waals surface area contributed by atoms with Crippen LogP contribution in [0.3, 0.4) is 0 Å². The summed E-state index contributed by atoms with van der Waals surface area (Å²) in [5.41, 5.74) is 0.810. The number of nitro benzene ring substituents is 1. The van der Waals surface area contributed by atoms with Crippen molar-refractivity contribution >= 4 is 34.3 Å². The van der Waals surface area contributed by atoms with Gasteiger partial charge in [-0.25, -0.2) is 4.98 Å². The van der Waals surface area contributed by atoms with E-state index in [0.717, 1.165) is 0 Å². The normalized spacial score (nSPS) is 10.8. The summed E-state index contributed by atoms with van der Waals surface area (Å²) in [5, 5.41) is 12.1. The molecule has 9 heteroatoms. The number of aromatic nitrogens is 2. The van der Waals surface area contributed by atoms with Gasteiger partial charge in [0.15, 0.2) is 5.16 Å². The average molecular weight is 399 g/mol. The molecule has 0 atom stereocenters. The van der Waals surface area contributed by atoms with Gasteiger partial charge in [-0.15, -0.1) is 0 Å². The van der Waals surface area contributed by atoms with E-state index in [1.54, 1.807) is 42.5 Å². The second-order valence-corrected chi connectivity index (χ2v) is 6.81. The van der Waals surface area contributed by atoms with Crippen LogP contribution in [-0.2, 0) is 21.8 Å². The third-order valence-corrected chi connectivity index (χ3v) is 5.16. The molecule has 0 spiro atoms. The molecule has 144 valence electrons. The van der Waals surface area contributed by atoms with E-state index >= 15 is 0 Å². The van der Waals surface area contributed by atoms with E-state index in [1.165, 1.54) is 29.5 Å². The maximum atomic E-state index is 12.9. The molecule has 0 N–H and O–H groups in total. The Morgan fingerprint density at radius 2 is 1.93 bits per heavy atom. The Labute approximate surface area is 164 Å². The number of nitrogens with zero attached hydrogens (tertiary/aromatic N) is 3. The van der Waals surface area contributed by atoms with Crippen LogP contribution in [-0.4, -0.2) is 27.6 Å². The maximum absolute atomic E-state index is 12.9. The van der Waals surface area contributed by atoms with Gasteiger partial charge in [0.1, 0.15) is 0 Å². The molecule has 0 aliphatic carbocycles. The van der Waals surface area contributed by atoms with Crippen LogP contribution >= 0.6 is 11.8 Å². The van der Waals surface area contributed by atoms with E-state index in [9.17, 15) is 19.7 Å². The molecule has 3 rings (SSSR count). The topological polar surface area (TPSA) is 104 Å². The number of hydrogen-bond acceptors (Lipinski definition) is 7. The highest BCUT2D eigenvalue weighted by molar-refractivity contribution is 7.98. The zero-order valence-corrected chi connectivity index (χ0v) is 15.8. The van der Waals surface area contributed by atoms with Crippen LogP contribution in [0.1, 0.15) is 12.0 Å². The smallest absolute Gasteiger partial charge is 0.307 e. The Bertz CT molecular complexity index is 1100. The second-order valence-electron chi connectivity index (χ2n) is 5.87. The second kappa shape index (κ2) is 8.66. The summed E-state index contributed by atoms with van der Waals surface area (Å²) in [6.45, 7) is 0.114. The predicted molar refractivity (Wildman–Crippen MR) is 105 cm³/mol. The van der Waals surface area contributed by atoms with Gasteiger partial charge in [-0.2, -0.15) is 0 Å². The van der Waals surface area contributed by atoms with Crippen LogP contribution in [0.2, 0.25) is 0 Å². The first-order valence-corrected chi connectivity index (χ1v) is 9.41. The minimum Gasteiger partial charge on any atom is -0.469 e. The van der Waals surface area contributed by atoms with Gasteiger partial charge < -0.3 is 4.74 Å². The molecule has 0 bridgehead atoms. The zero-order chi connectivity index (χ0) is 20.1. The SMILES string of the molecule is COC(=O)CCn1c(SCc2ccccc2[N+](=O)[O-])nc2ccccc2c1=O. The summed E-state index contributed by atoms with van der Waals surface area (Å²) in [4.78, 5) is 39.7. The van der Waals surface area contributed by atoms with Crippen molar-refractivity contribution in [1.82, 2.24) is 9.55 Å². The van der Waals surface area contributed by atoms with Gasteiger partial charge in [-0.05, 0) is 12.1 Å². The van der Waals surface area contributed by atoms with Crippen molar-refractivity contribution in [3.63, 3.8) is 0 Å². The molecule has 1 heterocycles. The number of rotatable bonds is 7. The molecule has 28 heavy (non-hydrogen) atoms. The fourth-order valence-corrected chi connectivity index (χ4v) is 3.74. The van der Waals surface area contributed by atoms with Crippen molar-refractivity contribution in [2.45, 2.75) is 23.9 Å². The minimum atomic E-state index is -0.436. The molecular formula is C19H17N3O5S. The number of esters is 1. The molecule has 0 fully saturated rings. The summed E-state index contributed by atoms with van der Waals surface area (Å²) in [7, 11) is 1.29. The lowest BCUT2D eigenvalue weighted by molar-refractivity contribution is -0.385. The lowest BCUT2D eigenvalue weighted by Gasteiger charge is -2.12. The fourth-order valence-electron chi connectivity index (χ4n) is 2.71. The maximum Gasteiger partial charge on any atom is 0.307 e. The molecular weight excluding hydrogens is 382 g/mol. The van der Waals surface area contributed by atoms with E-state index in [2.05, 4.69) is 9.72 Å². The van der Waals surface area contributed by atoms with Gasteiger partial charge in [0.25, 0.3) is 11.2 Å². The van der Waals surface area contributed by atoms with E-state index < -0.39 is 10.9 Å². The van der Waals surface area contributed by atoms with Crippen molar-refractivity contribution < 1.29 is 14.5 Å². The molecule has 0 saturated carbocycles. The predicted octanol–water partition coefficient (Wildman–Crippen LogP) is 3.16. The Kier molecular flexibility index (Phi) is 6.05. The van der Waals surface area contributed by atoms with Crippen molar-refractivity contribution in [1.29, 1.82) is 0 Å². The van der Waals surface area contributed by atoms with Gasteiger partial charge in [-0.1, -0.05) is 42.1 Å². The number of benzene rings is 2. The van der Waals surface area contributed by atoms with Gasteiger partial charge >= 0.3 is 5.97 Å². The van der Waals surface area contributed by atoms with Crippen LogP contribution in [0.25, 0.3) is 10.9 Å². The Hall–Kier alpha value is -3.20. The molecule has 0 unspecified atom stereocenters. The molecule has 0 aliphatic rings. The van der Waals surface area contributed by atoms with Gasteiger partial charge in [-0.3, -0.25) is 24.3 Å². The highest BCUT2D eigenvalue weighted by Crippen LogP contribution is 2.27. The molecule has 0 radical (unpaired) electrons. The molecule has 8 nitrogen and oxygen atoms in total. The number of para-hydroxylation sites is 2. The molecule has 3 aromatic rings. The van der Waals surface area contributed by atoms with Crippen LogP contribution in [0.5, 0.6) is 0 Å². The van der Waals surface area contributed by atoms with E-state index in [4.69, 9.17) is 0 Å². The molecule has 1 aromatic heterocycles. The van der Waals surface area contributed by atoms with Gasteiger partial charge in [0, 0.05) is 23.9 Å². The number of thioether (sulfide) groups is 1. The van der Waals surface area contributed by atoms with E-state index in [0.29, 0.717) is 21.6 Å². The number of hydrogen-bond donors (Lipinski definition) is 0. The molecule has 0 aliphatic heterocycles. The molecule has 0 amide bonds. The summed E-state index contributed by atoms with van der Waals surface area (Å²) >= 11 is 1.22. The van der Waals surface area contributed by atoms with Crippen LogP contribution in [0, 0.1) is 10.1 Å². The summed E-state index contributed by atoms with van der Waals surface area (Å²) in [6.07, 6.45) is 0.0233. The van der Waals surface area contributed by atoms with Crippen molar-refractivity contribution in [2.24, 2.45) is 0 Å². The summed E-state index contributed by atoms with van der Waals surface area (Å²) in [5.74, 6) is -0.171. The summed E-state index contributed by atoms with van der Waals surface area (Å²) < 4.78 is 6.07. The first-order chi connectivity index (χ1) is 13.5. The number of methoxy groups -OCH3 is 1. The number of ether oxygens (including phenoxy) is 1. The highest BCUT2D eigenvalue weighted by atomic mass is 32.2. The van der Waals surface area contributed by atoms with Crippen LogP contribution in [0.15, 0.2) is 58.5 Å². The lowest BCUT2D eigenvalue weighted by atomic mass is 10.2. The van der Waals surface area contributed by atoms with Crippen molar-refractivity contribution in [3.05, 3.63) is 74.6 Å². The van der Waals surface area contributed by atoms with Crippen LogP contribution < -0.4 is 5.56 Å². The van der Waals surface area contributed by atoms with Crippen molar-refractivity contribution in [3.8, 4) is 0 Å². The van der Waals surface area contributed by atoms with E-state index in [-0.39, 0.29) is 30.0 Å². The monoisotopic (exact) mass is 399 g/mol. The lowest BCUT2D eigenvalue weighted by Crippen LogP contribution is -2.24. The number of fused-ring (bicyclic) bond motifs is 1. The average Bonchev–Trinajstić information content (AvgIpc) is 2.71. The Morgan fingerprint density at radius 3 is 2.68 bits per heavy atom. The molecule has 0 saturated heterocycles. The van der Waals surface area contributed by atoms with Crippen LogP contribution in [0.4, 0.5) is 5.69 Å². The minimum absolute atomic E-state index is 0.0132. The third-order valence-electron chi connectivity index (χ3n) is 4.14. The Balaban J connectivity index is 1.98. The Morgan fingerprint density at radius 1 is 1.21 bits per heavy atom. The van der Waals surface area contributed by atoms with Gasteiger partial charge in [0.2, 0.25) is 0 Å². The largest absolute Gasteiger partial charge is 0.469 e. The van der Waals surface area contributed by atoms with E-state index in [1.807, 2.05) is 0 Å². The highest BCUT2D eigenvalue weighted by Gasteiger charge is 2.16. The first kappa shape index (κ1) is 19.6. The summed E-state index contributed by atoms with van der Waals surface area (Å²) in [6, 6.07) is 13.4. The number of nitro groups is 1.